The van der Waals surface area contributed by atoms with E-state index in [2.05, 4.69) is 10.1 Å². The van der Waals surface area contributed by atoms with Crippen LogP contribution in [0, 0.1) is 0 Å². The fourth-order valence-electron chi connectivity index (χ4n) is 2.23. The van der Waals surface area contributed by atoms with Gasteiger partial charge in [0.25, 0.3) is 5.89 Å². The smallest absolute Gasteiger partial charge is 0.257 e. The standard InChI is InChI=1S/C14H17N3O2.ClH/c1-18-9-10-3-5-11(6-4-10)12-16-13(17-19-12)14(15)7-2-8-14;/h3-6H,2,7-9,15H2,1H3;1H. The van der Waals surface area contributed by atoms with E-state index in [4.69, 9.17) is 15.0 Å². The lowest BCUT2D eigenvalue weighted by Crippen LogP contribution is -2.44. The highest BCUT2D eigenvalue weighted by molar-refractivity contribution is 5.85. The maximum atomic E-state index is 6.18. The highest BCUT2D eigenvalue weighted by Crippen LogP contribution is 2.37. The number of aromatic nitrogens is 2. The predicted molar refractivity (Wildman–Crippen MR) is 77.4 cm³/mol. The lowest BCUT2D eigenvalue weighted by Gasteiger charge is -2.34. The second kappa shape index (κ2) is 5.91. The highest BCUT2D eigenvalue weighted by atomic mass is 35.5. The molecule has 108 valence electrons. The third-order valence-corrected chi connectivity index (χ3v) is 3.63. The molecule has 1 aromatic heterocycles. The third-order valence-electron chi connectivity index (χ3n) is 3.63. The summed E-state index contributed by atoms with van der Waals surface area (Å²) in [6, 6.07) is 7.89. The van der Waals surface area contributed by atoms with Gasteiger partial charge in [0.15, 0.2) is 5.82 Å². The number of hydrogen-bond donors (Lipinski definition) is 1. The fraction of sp³-hybridized carbons (Fsp3) is 0.429. The molecule has 1 fully saturated rings. The van der Waals surface area contributed by atoms with Gasteiger partial charge in [-0.3, -0.25) is 0 Å². The zero-order valence-corrected chi connectivity index (χ0v) is 12.2. The van der Waals surface area contributed by atoms with Crippen LogP contribution in [0.3, 0.4) is 0 Å². The van der Waals surface area contributed by atoms with Gasteiger partial charge in [-0.1, -0.05) is 17.3 Å². The van der Waals surface area contributed by atoms with Crippen molar-refractivity contribution in [2.24, 2.45) is 5.73 Å². The molecular weight excluding hydrogens is 278 g/mol. The molecular formula is C14H18ClN3O2. The summed E-state index contributed by atoms with van der Waals surface area (Å²) in [6.45, 7) is 0.598. The van der Waals surface area contributed by atoms with E-state index in [9.17, 15) is 0 Å². The van der Waals surface area contributed by atoms with E-state index in [-0.39, 0.29) is 17.9 Å². The molecule has 0 spiro atoms. The molecule has 6 heteroatoms. The van der Waals surface area contributed by atoms with Crippen LogP contribution < -0.4 is 5.73 Å². The number of nitrogens with two attached hydrogens (primary N) is 1. The molecule has 2 aromatic rings. The average Bonchev–Trinajstić information content (AvgIpc) is 2.87. The van der Waals surface area contributed by atoms with Crippen LogP contribution >= 0.6 is 12.4 Å². The molecule has 1 aromatic carbocycles. The van der Waals surface area contributed by atoms with Crippen molar-refractivity contribution in [1.82, 2.24) is 10.1 Å². The topological polar surface area (TPSA) is 74.2 Å². The van der Waals surface area contributed by atoms with Gasteiger partial charge in [0.05, 0.1) is 12.1 Å². The van der Waals surface area contributed by atoms with Crippen molar-refractivity contribution in [3.63, 3.8) is 0 Å². The van der Waals surface area contributed by atoms with E-state index in [0.717, 1.165) is 30.4 Å². The zero-order valence-electron chi connectivity index (χ0n) is 11.3. The van der Waals surface area contributed by atoms with E-state index >= 15 is 0 Å². The second-order valence-corrected chi connectivity index (χ2v) is 5.06. The Balaban J connectivity index is 0.00000147. The molecule has 0 saturated heterocycles. The first kappa shape index (κ1) is 15.0. The zero-order chi connectivity index (χ0) is 13.3. The number of halogens is 1. The fourth-order valence-corrected chi connectivity index (χ4v) is 2.23. The molecule has 1 saturated carbocycles. The first-order valence-electron chi connectivity index (χ1n) is 6.43. The summed E-state index contributed by atoms with van der Waals surface area (Å²) in [6.07, 6.45) is 2.99. The van der Waals surface area contributed by atoms with E-state index in [1.165, 1.54) is 0 Å². The Morgan fingerprint density at radius 1 is 1.30 bits per heavy atom. The molecule has 1 aliphatic carbocycles. The molecule has 20 heavy (non-hydrogen) atoms. The largest absolute Gasteiger partial charge is 0.380 e. The molecule has 0 radical (unpaired) electrons. The molecule has 2 N–H and O–H groups in total. The van der Waals surface area contributed by atoms with Crippen molar-refractivity contribution >= 4 is 12.4 Å². The first-order valence-corrected chi connectivity index (χ1v) is 6.43. The summed E-state index contributed by atoms with van der Waals surface area (Å²) in [4.78, 5) is 4.42. The summed E-state index contributed by atoms with van der Waals surface area (Å²) in [5.41, 5.74) is 7.82. The van der Waals surface area contributed by atoms with Gasteiger partial charge in [-0.05, 0) is 37.0 Å². The number of methoxy groups -OCH3 is 1. The number of nitrogens with zero attached hydrogens (tertiary/aromatic N) is 2. The molecule has 5 nitrogen and oxygen atoms in total. The SMILES string of the molecule is COCc1ccc(-c2nc(C3(N)CCC3)no2)cc1.Cl. The van der Waals surface area contributed by atoms with Gasteiger partial charge in [-0.25, -0.2) is 0 Å². The third kappa shape index (κ3) is 2.70. The Morgan fingerprint density at radius 2 is 2.00 bits per heavy atom. The van der Waals surface area contributed by atoms with Crippen molar-refractivity contribution in [3.8, 4) is 11.5 Å². The van der Waals surface area contributed by atoms with Crippen LogP contribution in [0.5, 0.6) is 0 Å². The van der Waals surface area contributed by atoms with Crippen LogP contribution in [0.15, 0.2) is 28.8 Å². The van der Waals surface area contributed by atoms with Crippen LogP contribution in [0.2, 0.25) is 0 Å². The number of ether oxygens (including phenoxy) is 1. The van der Waals surface area contributed by atoms with Crippen molar-refractivity contribution in [2.75, 3.05) is 7.11 Å². The van der Waals surface area contributed by atoms with Crippen LogP contribution in [0.25, 0.3) is 11.5 Å². The molecule has 0 aliphatic heterocycles. The lowest BCUT2D eigenvalue weighted by atomic mass is 9.77. The average molecular weight is 296 g/mol. The van der Waals surface area contributed by atoms with Crippen LogP contribution in [0.1, 0.15) is 30.7 Å². The van der Waals surface area contributed by atoms with Crippen LogP contribution in [-0.4, -0.2) is 17.3 Å². The molecule has 1 heterocycles. The van der Waals surface area contributed by atoms with Crippen molar-refractivity contribution in [1.29, 1.82) is 0 Å². The predicted octanol–water partition coefficient (Wildman–Crippen LogP) is 2.64. The summed E-state index contributed by atoms with van der Waals surface area (Å²) in [5.74, 6) is 1.14. The monoisotopic (exact) mass is 295 g/mol. The Kier molecular flexibility index (Phi) is 4.42. The minimum absolute atomic E-state index is 0. The number of hydrogen-bond acceptors (Lipinski definition) is 5. The van der Waals surface area contributed by atoms with Gasteiger partial charge in [0.1, 0.15) is 0 Å². The van der Waals surface area contributed by atoms with Crippen molar-refractivity contribution in [3.05, 3.63) is 35.7 Å². The van der Waals surface area contributed by atoms with Crippen molar-refractivity contribution in [2.45, 2.75) is 31.4 Å². The normalized spacial score (nSPS) is 16.3. The molecule has 1 aliphatic rings. The Bertz CT molecular complexity index is 564. The molecule has 0 atom stereocenters. The Labute approximate surface area is 123 Å². The number of benzene rings is 1. The van der Waals surface area contributed by atoms with Crippen LogP contribution in [-0.2, 0) is 16.9 Å². The maximum absolute atomic E-state index is 6.18. The summed E-state index contributed by atoms with van der Waals surface area (Å²) in [7, 11) is 1.68. The quantitative estimate of drug-likeness (QED) is 0.938. The summed E-state index contributed by atoms with van der Waals surface area (Å²) in [5, 5.41) is 4.01. The second-order valence-electron chi connectivity index (χ2n) is 5.06. The molecule has 0 unspecified atom stereocenters. The van der Waals surface area contributed by atoms with Gasteiger partial charge in [0, 0.05) is 12.7 Å². The number of rotatable bonds is 4. The van der Waals surface area contributed by atoms with Gasteiger partial charge in [0.2, 0.25) is 0 Å². The highest BCUT2D eigenvalue weighted by Gasteiger charge is 2.39. The van der Waals surface area contributed by atoms with Gasteiger partial charge >= 0.3 is 0 Å². The molecule has 0 bridgehead atoms. The minimum atomic E-state index is -0.377. The van der Waals surface area contributed by atoms with Gasteiger partial charge in [-0.15, -0.1) is 12.4 Å². The van der Waals surface area contributed by atoms with Gasteiger partial charge in [-0.2, -0.15) is 4.98 Å². The minimum Gasteiger partial charge on any atom is -0.380 e. The molecule has 3 rings (SSSR count). The van der Waals surface area contributed by atoms with Gasteiger partial charge < -0.3 is 15.0 Å². The first-order chi connectivity index (χ1) is 9.21. The van der Waals surface area contributed by atoms with E-state index in [1.807, 2.05) is 24.3 Å². The Morgan fingerprint density at radius 3 is 2.55 bits per heavy atom. The maximum Gasteiger partial charge on any atom is 0.257 e. The summed E-state index contributed by atoms with van der Waals surface area (Å²) < 4.78 is 10.4. The van der Waals surface area contributed by atoms with Crippen LogP contribution in [0.4, 0.5) is 0 Å². The Hall–Kier alpha value is -1.43. The van der Waals surface area contributed by atoms with E-state index in [1.54, 1.807) is 7.11 Å². The van der Waals surface area contributed by atoms with Crippen molar-refractivity contribution < 1.29 is 9.26 Å². The van der Waals surface area contributed by atoms with E-state index < -0.39 is 0 Å². The van der Waals surface area contributed by atoms with E-state index in [0.29, 0.717) is 18.3 Å². The molecule has 0 amide bonds. The lowest BCUT2D eigenvalue weighted by molar-refractivity contribution is 0.185. The summed E-state index contributed by atoms with van der Waals surface area (Å²) >= 11 is 0.